The van der Waals surface area contributed by atoms with Crippen LogP contribution in [-0.4, -0.2) is 32.4 Å². The Morgan fingerprint density at radius 2 is 1.68 bits per heavy atom. The van der Waals surface area contributed by atoms with Crippen molar-refractivity contribution in [3.05, 3.63) is 83.9 Å². The number of nitrogens with two attached hydrogens (primary N) is 1. The predicted molar refractivity (Wildman–Crippen MR) is 146 cm³/mol. The molecule has 0 saturated heterocycles. The van der Waals surface area contributed by atoms with E-state index in [4.69, 9.17) is 15.9 Å². The third kappa shape index (κ3) is 8.44. The van der Waals surface area contributed by atoms with E-state index in [1.165, 1.54) is 0 Å². The summed E-state index contributed by atoms with van der Waals surface area (Å²) in [6.07, 6.45) is 1.90. The standard InChI is InChI=1S/C28H34N4O4S/c1-28(2,3)32-37(34,35)25-13-5-4-12-24(25)21-14-16-23(17-15-21)36-27(33)31-18-7-6-9-20-10-8-11-22(19-20)26(29)30/h4-5,8,10-17,19,32H,6-7,9,18H2,1-3H3,(H3,29,30)(H,31,33). The molecule has 3 aromatic rings. The number of rotatable bonds is 10. The summed E-state index contributed by atoms with van der Waals surface area (Å²) < 4.78 is 33.9. The number of nitrogens with one attached hydrogen (secondary N) is 3. The molecule has 0 fully saturated rings. The molecule has 37 heavy (non-hydrogen) atoms. The Morgan fingerprint density at radius 1 is 0.973 bits per heavy atom. The molecule has 3 rings (SSSR count). The summed E-state index contributed by atoms with van der Waals surface area (Å²) in [5.41, 5.74) is 7.97. The van der Waals surface area contributed by atoms with E-state index in [1.54, 1.807) is 75.4 Å². The van der Waals surface area contributed by atoms with Gasteiger partial charge < -0.3 is 15.8 Å². The van der Waals surface area contributed by atoms with E-state index in [9.17, 15) is 13.2 Å². The lowest BCUT2D eigenvalue weighted by molar-refractivity contribution is 0.200. The fourth-order valence-electron chi connectivity index (χ4n) is 3.78. The molecule has 0 aromatic heterocycles. The zero-order chi connectivity index (χ0) is 27.1. The van der Waals surface area contributed by atoms with Gasteiger partial charge in [0, 0.05) is 23.2 Å². The number of amides is 1. The van der Waals surface area contributed by atoms with Crippen LogP contribution in [0.3, 0.4) is 0 Å². The van der Waals surface area contributed by atoms with Crippen LogP contribution in [0.4, 0.5) is 4.79 Å². The van der Waals surface area contributed by atoms with Crippen molar-refractivity contribution < 1.29 is 17.9 Å². The van der Waals surface area contributed by atoms with E-state index in [1.807, 2.05) is 18.2 Å². The number of unbranched alkanes of at least 4 members (excludes halogenated alkanes) is 1. The summed E-state index contributed by atoms with van der Waals surface area (Å²) in [4.78, 5) is 12.4. The first-order valence-electron chi connectivity index (χ1n) is 12.1. The molecular formula is C28H34N4O4S. The molecule has 0 heterocycles. The first kappa shape index (κ1) is 27.9. The van der Waals surface area contributed by atoms with Gasteiger partial charge in [0.15, 0.2) is 0 Å². The first-order chi connectivity index (χ1) is 17.4. The Balaban J connectivity index is 1.52. The molecule has 1 amide bonds. The van der Waals surface area contributed by atoms with Crippen LogP contribution in [0.15, 0.2) is 77.7 Å². The second-order valence-corrected chi connectivity index (χ2v) is 11.4. The highest BCUT2D eigenvalue weighted by Gasteiger charge is 2.24. The van der Waals surface area contributed by atoms with Crippen LogP contribution in [0.5, 0.6) is 5.75 Å². The summed E-state index contributed by atoms with van der Waals surface area (Å²) in [5, 5.41) is 10.3. The van der Waals surface area contributed by atoms with Crippen molar-refractivity contribution in [3.63, 3.8) is 0 Å². The number of benzene rings is 3. The van der Waals surface area contributed by atoms with Crippen LogP contribution < -0.4 is 20.5 Å². The Bertz CT molecular complexity index is 1350. The van der Waals surface area contributed by atoms with Crippen molar-refractivity contribution in [2.75, 3.05) is 6.54 Å². The van der Waals surface area contributed by atoms with E-state index in [0.717, 1.165) is 24.8 Å². The summed E-state index contributed by atoms with van der Waals surface area (Å²) >= 11 is 0. The number of sulfonamides is 1. The van der Waals surface area contributed by atoms with Gasteiger partial charge in [0.05, 0.1) is 4.90 Å². The van der Waals surface area contributed by atoms with Crippen LogP contribution in [-0.2, 0) is 16.4 Å². The molecule has 5 N–H and O–H groups in total. The average molecular weight is 523 g/mol. The highest BCUT2D eigenvalue weighted by molar-refractivity contribution is 7.89. The summed E-state index contributed by atoms with van der Waals surface area (Å²) in [5.74, 6) is 0.404. The largest absolute Gasteiger partial charge is 0.412 e. The monoisotopic (exact) mass is 522 g/mol. The normalized spacial score (nSPS) is 11.6. The zero-order valence-electron chi connectivity index (χ0n) is 21.4. The maximum Gasteiger partial charge on any atom is 0.412 e. The van der Waals surface area contributed by atoms with E-state index < -0.39 is 21.7 Å². The number of hydrogen-bond donors (Lipinski definition) is 4. The van der Waals surface area contributed by atoms with E-state index >= 15 is 0 Å². The minimum atomic E-state index is -3.73. The molecule has 0 saturated carbocycles. The van der Waals surface area contributed by atoms with Crippen molar-refractivity contribution in [1.82, 2.24) is 10.0 Å². The maximum absolute atomic E-state index is 12.9. The van der Waals surface area contributed by atoms with Crippen LogP contribution in [0.25, 0.3) is 11.1 Å². The van der Waals surface area contributed by atoms with Gasteiger partial charge in [-0.15, -0.1) is 0 Å². The van der Waals surface area contributed by atoms with Crippen LogP contribution in [0.2, 0.25) is 0 Å². The molecule has 3 aromatic carbocycles. The minimum absolute atomic E-state index is 0.0473. The van der Waals surface area contributed by atoms with Gasteiger partial charge in [-0.2, -0.15) is 0 Å². The molecule has 0 aliphatic carbocycles. The number of ether oxygens (including phenoxy) is 1. The van der Waals surface area contributed by atoms with E-state index in [-0.39, 0.29) is 10.7 Å². The highest BCUT2D eigenvalue weighted by atomic mass is 32.2. The second kappa shape index (κ2) is 12.0. The number of amidine groups is 1. The number of nitrogen functional groups attached to an aromatic ring is 1. The van der Waals surface area contributed by atoms with Crippen molar-refractivity contribution in [2.24, 2.45) is 5.73 Å². The topological polar surface area (TPSA) is 134 Å². The molecule has 0 aliphatic heterocycles. The molecule has 0 aliphatic rings. The predicted octanol–water partition coefficient (Wildman–Crippen LogP) is 4.83. The van der Waals surface area contributed by atoms with Gasteiger partial charge in [-0.3, -0.25) is 5.41 Å². The molecule has 0 bridgehead atoms. The first-order valence-corrected chi connectivity index (χ1v) is 13.6. The molecule has 8 nitrogen and oxygen atoms in total. The van der Waals surface area contributed by atoms with Gasteiger partial charge >= 0.3 is 6.09 Å². The minimum Gasteiger partial charge on any atom is -0.410 e. The Morgan fingerprint density at radius 3 is 2.35 bits per heavy atom. The number of hydrogen-bond acceptors (Lipinski definition) is 5. The molecule has 0 unspecified atom stereocenters. The number of carbonyl (C=O) groups excluding carboxylic acids is 1. The Hall–Kier alpha value is -3.69. The zero-order valence-corrected chi connectivity index (χ0v) is 22.2. The number of aryl methyl sites for hydroxylation is 1. The van der Waals surface area contributed by atoms with E-state index in [2.05, 4.69) is 10.0 Å². The van der Waals surface area contributed by atoms with Crippen LogP contribution >= 0.6 is 0 Å². The number of carbonyl (C=O) groups is 1. The molecule has 9 heteroatoms. The van der Waals surface area contributed by atoms with Crippen molar-refractivity contribution in [1.29, 1.82) is 5.41 Å². The summed E-state index contributed by atoms with van der Waals surface area (Å²) in [6, 6.07) is 21.1. The SMILES string of the molecule is CC(C)(C)NS(=O)(=O)c1ccccc1-c1ccc(OC(=O)NCCCCc2cccc(C(=N)N)c2)cc1. The lowest BCUT2D eigenvalue weighted by Gasteiger charge is -2.21. The summed E-state index contributed by atoms with van der Waals surface area (Å²) in [7, 11) is -3.73. The maximum atomic E-state index is 12.9. The van der Waals surface area contributed by atoms with Crippen molar-refractivity contribution >= 4 is 22.0 Å². The van der Waals surface area contributed by atoms with Gasteiger partial charge in [-0.25, -0.2) is 17.9 Å². The summed E-state index contributed by atoms with van der Waals surface area (Å²) in [6.45, 7) is 5.84. The van der Waals surface area contributed by atoms with Crippen LogP contribution in [0.1, 0.15) is 44.7 Å². The van der Waals surface area contributed by atoms with E-state index in [0.29, 0.717) is 29.0 Å². The lowest BCUT2D eigenvalue weighted by Crippen LogP contribution is -2.40. The van der Waals surface area contributed by atoms with Gasteiger partial charge in [-0.1, -0.05) is 48.5 Å². The fraction of sp³-hybridized carbons (Fsp3) is 0.286. The smallest absolute Gasteiger partial charge is 0.410 e. The third-order valence-electron chi connectivity index (χ3n) is 5.39. The highest BCUT2D eigenvalue weighted by Crippen LogP contribution is 2.29. The lowest BCUT2D eigenvalue weighted by atomic mass is 10.0. The van der Waals surface area contributed by atoms with Gasteiger partial charge in [0.2, 0.25) is 10.0 Å². The Labute approximate surface area is 218 Å². The van der Waals surface area contributed by atoms with Crippen LogP contribution in [0, 0.1) is 5.41 Å². The van der Waals surface area contributed by atoms with Gasteiger partial charge in [0.1, 0.15) is 11.6 Å². The van der Waals surface area contributed by atoms with Gasteiger partial charge in [-0.05, 0) is 75.4 Å². The molecular weight excluding hydrogens is 488 g/mol. The average Bonchev–Trinajstić information content (AvgIpc) is 2.83. The fourth-order valence-corrected chi connectivity index (χ4v) is 5.43. The van der Waals surface area contributed by atoms with Gasteiger partial charge in [0.25, 0.3) is 0 Å². The molecule has 196 valence electrons. The Kier molecular flexibility index (Phi) is 9.07. The molecule has 0 radical (unpaired) electrons. The van der Waals surface area contributed by atoms with Crippen molar-refractivity contribution in [3.8, 4) is 16.9 Å². The molecule has 0 atom stereocenters. The third-order valence-corrected chi connectivity index (χ3v) is 7.21. The van der Waals surface area contributed by atoms with Crippen molar-refractivity contribution in [2.45, 2.75) is 50.5 Å². The quantitative estimate of drug-likeness (QED) is 0.172. The second-order valence-electron chi connectivity index (χ2n) is 9.76. The molecule has 0 spiro atoms.